The minimum absolute atomic E-state index is 0.00839. The summed E-state index contributed by atoms with van der Waals surface area (Å²) in [6.45, 7) is 13.5. The van der Waals surface area contributed by atoms with Gasteiger partial charge >= 0.3 is 0 Å². The van der Waals surface area contributed by atoms with Crippen molar-refractivity contribution in [3.05, 3.63) is 235 Å². The summed E-state index contributed by atoms with van der Waals surface area (Å²) >= 11 is 0. The first kappa shape index (κ1) is 44.6. The van der Waals surface area contributed by atoms with Crippen molar-refractivity contribution in [3.8, 4) is 34.0 Å². The Morgan fingerprint density at radius 3 is 1.59 bits per heavy atom. The maximum atomic E-state index is 11.1. The second kappa shape index (κ2) is 16.5. The third-order valence-corrected chi connectivity index (χ3v) is 16.0. The number of hydrogen-bond acceptors (Lipinski definition) is 4. The summed E-state index contributed by atoms with van der Waals surface area (Å²) < 4.78 is 2.47. The molecule has 0 N–H and O–H groups in total. The minimum atomic E-state index is -0.134. The van der Waals surface area contributed by atoms with Crippen LogP contribution in [0.15, 0.2) is 218 Å². The number of fused-ring (bicyclic) bond motifs is 9. The first-order valence-electron chi connectivity index (χ1n) is 26.2. The van der Waals surface area contributed by atoms with E-state index < -0.39 is 0 Å². The van der Waals surface area contributed by atoms with Gasteiger partial charge < -0.3 is 19.3 Å². The van der Waals surface area contributed by atoms with Crippen LogP contribution in [0.5, 0.6) is 0 Å². The Morgan fingerprint density at radius 2 is 0.960 bits per heavy atom. The highest BCUT2D eigenvalue weighted by Crippen LogP contribution is 2.53. The topological polar surface area (TPSA) is 38.4 Å². The molecule has 0 aliphatic carbocycles. The summed E-state index contributed by atoms with van der Waals surface area (Å²) in [5.41, 5.74) is 24.6. The number of benzene rings is 10. The maximum Gasteiger partial charge on any atom is 0.252 e. The van der Waals surface area contributed by atoms with Crippen LogP contribution in [0.4, 0.5) is 51.2 Å². The molecule has 0 unspecified atom stereocenters. The van der Waals surface area contributed by atoms with E-state index >= 15 is 0 Å². The van der Waals surface area contributed by atoms with Gasteiger partial charge in [-0.05, 0) is 139 Å². The molecule has 3 aliphatic heterocycles. The SMILES string of the molecule is CC(C)(C)c1ccc(N(c2ccc(C(C)(C)C)cc2)c2ccc3c(c2)N(c2ccc(-c4ccc(-c5ccccc5)cc4)cc2)c2cc(C#N)cc4c2B3c2cccc3c2N4c2cccc4c5ccccc5n-3c24)cc1. The standard InChI is InChI=1S/C69H54BN5/c1-68(2,3)49-28-34-51(35-29-49)72(52-36-30-50(31-37-52)69(4,5)6)54-38-39-57-62(42-54)73(53-32-26-48(27-33-53)47-24-22-46(23-25-47)45-14-8-7-9-15-45)63-40-44(43-71)41-64-65(63)70(57)58-18-13-21-61-67(58)75(64)60-20-12-17-56-55-16-10-11-19-59(55)74(61)66(56)60/h7-42H,1-6H3. The van der Waals surface area contributed by atoms with Gasteiger partial charge in [0.15, 0.2) is 0 Å². The Kier molecular flexibility index (Phi) is 9.81. The molecule has 0 saturated carbocycles. The second-order valence-electron chi connectivity index (χ2n) is 22.5. The van der Waals surface area contributed by atoms with Crippen LogP contribution in [0, 0.1) is 11.3 Å². The lowest BCUT2D eigenvalue weighted by molar-refractivity contribution is 0.590. The van der Waals surface area contributed by atoms with Gasteiger partial charge in [0.1, 0.15) is 0 Å². The van der Waals surface area contributed by atoms with Crippen LogP contribution in [-0.4, -0.2) is 11.3 Å². The van der Waals surface area contributed by atoms with Gasteiger partial charge in [0.05, 0.1) is 39.7 Å². The Bertz CT molecular complexity index is 4080. The van der Waals surface area contributed by atoms with Gasteiger partial charge in [-0.1, -0.05) is 181 Å². The van der Waals surface area contributed by atoms with Crippen molar-refractivity contribution in [2.75, 3.05) is 14.7 Å². The highest BCUT2D eigenvalue weighted by molar-refractivity contribution is 7.00. The molecule has 0 fully saturated rings. The van der Waals surface area contributed by atoms with Crippen LogP contribution >= 0.6 is 0 Å². The molecule has 6 heteroatoms. The van der Waals surface area contributed by atoms with E-state index in [1.54, 1.807) is 0 Å². The Hall–Kier alpha value is -9.05. The quantitative estimate of drug-likeness (QED) is 0.156. The minimum Gasteiger partial charge on any atom is -0.311 e. The molecular weight excluding hydrogens is 910 g/mol. The lowest BCUT2D eigenvalue weighted by atomic mass is 9.33. The number of aromatic nitrogens is 1. The summed E-state index contributed by atoms with van der Waals surface area (Å²) in [7, 11) is 0. The average Bonchev–Trinajstić information content (AvgIpc) is 3.82. The number of rotatable bonds is 6. The number of anilines is 9. The van der Waals surface area contributed by atoms with E-state index in [0.29, 0.717) is 5.56 Å². The van der Waals surface area contributed by atoms with E-state index in [1.165, 1.54) is 60.4 Å². The summed E-state index contributed by atoms with van der Waals surface area (Å²) in [6, 6.07) is 82.9. The van der Waals surface area contributed by atoms with Crippen molar-refractivity contribution in [3.63, 3.8) is 0 Å². The third kappa shape index (κ3) is 6.91. The summed E-state index contributed by atoms with van der Waals surface area (Å²) in [5, 5.41) is 13.5. The molecule has 14 rings (SSSR count). The molecule has 3 aliphatic rings. The largest absolute Gasteiger partial charge is 0.311 e. The van der Waals surface area contributed by atoms with Crippen LogP contribution in [0.25, 0.3) is 49.7 Å². The summed E-state index contributed by atoms with van der Waals surface area (Å²) in [6.07, 6.45) is 0. The van der Waals surface area contributed by atoms with E-state index in [-0.39, 0.29) is 17.5 Å². The smallest absolute Gasteiger partial charge is 0.252 e. The highest BCUT2D eigenvalue weighted by atomic mass is 15.2. The first-order chi connectivity index (χ1) is 36.4. The molecule has 0 saturated heterocycles. The van der Waals surface area contributed by atoms with Gasteiger partial charge in [-0.15, -0.1) is 0 Å². The molecule has 0 atom stereocenters. The van der Waals surface area contributed by atoms with Crippen LogP contribution in [0.1, 0.15) is 58.2 Å². The highest BCUT2D eigenvalue weighted by Gasteiger charge is 2.46. The molecule has 75 heavy (non-hydrogen) atoms. The average molecular weight is 964 g/mol. The second-order valence-corrected chi connectivity index (χ2v) is 22.5. The normalized spacial score (nSPS) is 13.1. The number of para-hydroxylation sites is 3. The molecule has 0 spiro atoms. The van der Waals surface area contributed by atoms with Gasteiger partial charge in [-0.25, -0.2) is 0 Å². The van der Waals surface area contributed by atoms with Gasteiger partial charge in [-0.3, -0.25) is 0 Å². The maximum absolute atomic E-state index is 11.1. The zero-order valence-corrected chi connectivity index (χ0v) is 43.1. The fourth-order valence-corrected chi connectivity index (χ4v) is 12.3. The predicted molar refractivity (Wildman–Crippen MR) is 316 cm³/mol. The zero-order valence-electron chi connectivity index (χ0n) is 43.1. The van der Waals surface area contributed by atoms with Crippen molar-refractivity contribution in [1.82, 2.24) is 4.57 Å². The van der Waals surface area contributed by atoms with Crippen molar-refractivity contribution in [1.29, 1.82) is 5.26 Å². The third-order valence-electron chi connectivity index (χ3n) is 16.0. The monoisotopic (exact) mass is 963 g/mol. The van der Waals surface area contributed by atoms with Crippen molar-refractivity contribution in [2.45, 2.75) is 52.4 Å². The zero-order chi connectivity index (χ0) is 50.9. The number of nitriles is 1. The van der Waals surface area contributed by atoms with Gasteiger partial charge in [0.25, 0.3) is 6.71 Å². The van der Waals surface area contributed by atoms with E-state index in [1.807, 2.05) is 0 Å². The molecule has 0 bridgehead atoms. The van der Waals surface area contributed by atoms with Crippen molar-refractivity contribution < 1.29 is 0 Å². The van der Waals surface area contributed by atoms with Crippen molar-refractivity contribution >= 4 is 96.1 Å². The number of hydrogen-bond donors (Lipinski definition) is 0. The van der Waals surface area contributed by atoms with Crippen LogP contribution in [-0.2, 0) is 10.8 Å². The Balaban J connectivity index is 1.00. The molecule has 4 heterocycles. The first-order valence-corrected chi connectivity index (χ1v) is 26.2. The molecular formula is C69H54BN5. The van der Waals surface area contributed by atoms with Crippen LogP contribution < -0.4 is 31.1 Å². The lowest BCUT2D eigenvalue weighted by Crippen LogP contribution is -2.61. The molecule has 358 valence electrons. The molecule has 10 aromatic carbocycles. The fraction of sp³-hybridized carbons (Fsp3) is 0.116. The van der Waals surface area contributed by atoms with Crippen molar-refractivity contribution in [2.24, 2.45) is 0 Å². The van der Waals surface area contributed by atoms with E-state index in [0.717, 1.165) is 68.0 Å². The lowest BCUT2D eigenvalue weighted by Gasteiger charge is -2.46. The van der Waals surface area contributed by atoms with E-state index in [9.17, 15) is 5.26 Å². The Labute approximate surface area is 439 Å². The molecule has 5 nitrogen and oxygen atoms in total. The fourth-order valence-electron chi connectivity index (χ4n) is 12.3. The Morgan fingerprint density at radius 1 is 0.427 bits per heavy atom. The molecule has 0 amide bonds. The van der Waals surface area contributed by atoms with E-state index in [2.05, 4.69) is 285 Å². The molecule has 1 aromatic heterocycles. The van der Waals surface area contributed by atoms with Crippen LogP contribution in [0.2, 0.25) is 0 Å². The molecule has 11 aromatic rings. The predicted octanol–water partition coefficient (Wildman–Crippen LogP) is 16.5. The van der Waals surface area contributed by atoms with E-state index in [4.69, 9.17) is 0 Å². The summed E-state index contributed by atoms with van der Waals surface area (Å²) in [4.78, 5) is 7.29. The van der Waals surface area contributed by atoms with Gasteiger partial charge in [0, 0.05) is 50.6 Å². The van der Waals surface area contributed by atoms with Crippen LogP contribution in [0.3, 0.4) is 0 Å². The summed E-state index contributed by atoms with van der Waals surface area (Å²) in [5.74, 6) is 0. The van der Waals surface area contributed by atoms with Gasteiger partial charge in [0.2, 0.25) is 0 Å². The number of nitrogens with zero attached hydrogens (tertiary/aromatic N) is 5. The van der Waals surface area contributed by atoms with Gasteiger partial charge in [-0.2, -0.15) is 5.26 Å². The molecule has 0 radical (unpaired) electrons.